The molecule has 4 saturated carbocycles. The maximum atomic E-state index is 12.9. The van der Waals surface area contributed by atoms with Gasteiger partial charge in [-0.15, -0.1) is 0 Å². The Balaban J connectivity index is 1.44. The van der Waals surface area contributed by atoms with Gasteiger partial charge in [-0.3, -0.25) is 14.4 Å². The number of rotatable bonds is 6. The van der Waals surface area contributed by atoms with Gasteiger partial charge in [0.2, 0.25) is 0 Å². The lowest BCUT2D eigenvalue weighted by atomic mass is 9.34. The maximum absolute atomic E-state index is 12.9. The van der Waals surface area contributed by atoms with E-state index in [0.29, 0.717) is 18.3 Å². The number of esters is 1. The first-order chi connectivity index (χ1) is 18.9. The van der Waals surface area contributed by atoms with E-state index >= 15 is 0 Å². The van der Waals surface area contributed by atoms with Gasteiger partial charge in [-0.05, 0) is 111 Å². The van der Waals surface area contributed by atoms with Crippen LogP contribution >= 0.6 is 0 Å². The van der Waals surface area contributed by atoms with Crippen molar-refractivity contribution in [3.63, 3.8) is 0 Å². The first kappa shape index (κ1) is 30.6. The molecule has 0 spiro atoms. The molecule has 0 aliphatic heterocycles. The summed E-state index contributed by atoms with van der Waals surface area (Å²) < 4.78 is 6.07. The molecule has 5 aliphatic carbocycles. The number of hydrogen-bond donors (Lipinski definition) is 2. The number of carbonyl (C=O) groups excluding carboxylic acids is 1. The minimum atomic E-state index is -0.879. The highest BCUT2D eigenvalue weighted by atomic mass is 16.5. The number of carboxylic acids is 2. The van der Waals surface area contributed by atoms with E-state index in [-0.39, 0.29) is 52.0 Å². The lowest BCUT2D eigenvalue weighted by molar-refractivity contribution is -0.214. The van der Waals surface area contributed by atoms with Gasteiger partial charge in [-0.1, -0.05) is 59.6 Å². The van der Waals surface area contributed by atoms with Crippen LogP contribution in [0.3, 0.4) is 0 Å². The summed E-state index contributed by atoms with van der Waals surface area (Å²) in [6.07, 6.45) is 10.9. The second-order valence-electron chi connectivity index (χ2n) is 16.7. The van der Waals surface area contributed by atoms with Crippen LogP contribution in [-0.4, -0.2) is 34.2 Å². The Hall–Kier alpha value is -1.85. The summed E-state index contributed by atoms with van der Waals surface area (Å²) in [7, 11) is 0. The Morgan fingerprint density at radius 2 is 1.46 bits per heavy atom. The topological polar surface area (TPSA) is 101 Å². The molecule has 0 bridgehead atoms. The van der Waals surface area contributed by atoms with Crippen molar-refractivity contribution in [2.75, 3.05) is 0 Å². The molecule has 0 saturated heterocycles. The van der Waals surface area contributed by atoms with Gasteiger partial charge < -0.3 is 14.9 Å². The summed E-state index contributed by atoms with van der Waals surface area (Å²) >= 11 is 0. The van der Waals surface area contributed by atoms with Gasteiger partial charge in [0.1, 0.15) is 6.10 Å². The van der Waals surface area contributed by atoms with E-state index in [9.17, 15) is 19.5 Å². The molecule has 6 nitrogen and oxygen atoms in total. The second-order valence-corrected chi connectivity index (χ2v) is 16.7. The van der Waals surface area contributed by atoms with Crippen molar-refractivity contribution in [2.45, 2.75) is 144 Å². The summed E-state index contributed by atoms with van der Waals surface area (Å²) in [5.41, 5.74) is 2.38. The number of carbonyl (C=O) groups is 3. The van der Waals surface area contributed by atoms with E-state index in [1.165, 1.54) is 11.1 Å². The van der Waals surface area contributed by atoms with Crippen LogP contribution < -0.4 is 0 Å². The molecule has 0 heterocycles. The van der Waals surface area contributed by atoms with Gasteiger partial charge in [-0.25, -0.2) is 0 Å². The number of allylic oxidation sites excluding steroid dienone is 1. The fraction of sp³-hybridized carbons (Fsp3) is 0.857. The van der Waals surface area contributed by atoms with Gasteiger partial charge in [0.15, 0.2) is 0 Å². The van der Waals surface area contributed by atoms with Crippen LogP contribution in [0.25, 0.3) is 0 Å². The first-order valence-corrected chi connectivity index (χ1v) is 16.3. The van der Waals surface area contributed by atoms with Crippen molar-refractivity contribution in [3.05, 3.63) is 11.1 Å². The van der Waals surface area contributed by atoms with Crippen LogP contribution in [-0.2, 0) is 19.1 Å². The monoisotopic (exact) mass is 570 g/mol. The van der Waals surface area contributed by atoms with E-state index in [1.54, 1.807) is 0 Å². The van der Waals surface area contributed by atoms with Crippen LogP contribution in [0.15, 0.2) is 11.1 Å². The highest BCUT2D eigenvalue weighted by Crippen LogP contribution is 2.75. The van der Waals surface area contributed by atoms with Crippen molar-refractivity contribution < 1.29 is 29.3 Å². The summed E-state index contributed by atoms with van der Waals surface area (Å²) in [5, 5.41) is 19.5. The predicted octanol–water partition coefficient (Wildman–Crippen LogP) is 8.18. The molecule has 230 valence electrons. The SMILES string of the molecule is CC1(C)CCC2(C(=O)O)CC[C@]3(C)C(=C2C1)CC[C@@H]1[C@@]2(C)CC[C@H](OC(=O)CCCC(=O)O)C(C)(C)[C@@H]2CC[C@]13C. The highest BCUT2D eigenvalue weighted by Gasteiger charge is 2.68. The van der Waals surface area contributed by atoms with Gasteiger partial charge in [-0.2, -0.15) is 0 Å². The molecule has 0 amide bonds. The summed E-state index contributed by atoms with van der Waals surface area (Å²) in [6, 6.07) is 0. The molecular weight excluding hydrogens is 516 g/mol. The zero-order chi connectivity index (χ0) is 30.2. The molecule has 0 aromatic heterocycles. The van der Waals surface area contributed by atoms with Gasteiger partial charge in [0.25, 0.3) is 0 Å². The van der Waals surface area contributed by atoms with Gasteiger partial charge >= 0.3 is 17.9 Å². The Kier molecular flexibility index (Phi) is 7.34. The molecule has 4 fully saturated rings. The number of fused-ring (bicyclic) bond motifs is 6. The minimum Gasteiger partial charge on any atom is -0.481 e. The fourth-order valence-corrected chi connectivity index (χ4v) is 11.4. The fourth-order valence-electron chi connectivity index (χ4n) is 11.4. The molecular formula is C35H54O6. The van der Waals surface area contributed by atoms with E-state index in [1.807, 2.05) is 0 Å². The van der Waals surface area contributed by atoms with Crippen LogP contribution in [0, 0.1) is 44.3 Å². The van der Waals surface area contributed by atoms with Gasteiger partial charge in [0.05, 0.1) is 5.41 Å². The number of hydrogen-bond acceptors (Lipinski definition) is 4. The molecule has 7 atom stereocenters. The lowest BCUT2D eigenvalue weighted by Gasteiger charge is -2.71. The van der Waals surface area contributed by atoms with Crippen molar-refractivity contribution in [1.29, 1.82) is 0 Å². The molecule has 5 aliphatic rings. The van der Waals surface area contributed by atoms with Crippen LogP contribution in [0.4, 0.5) is 0 Å². The van der Waals surface area contributed by atoms with Crippen molar-refractivity contribution in [2.24, 2.45) is 44.3 Å². The third-order valence-corrected chi connectivity index (χ3v) is 13.9. The second kappa shape index (κ2) is 9.84. The average Bonchev–Trinajstić information content (AvgIpc) is 2.85. The first-order valence-electron chi connectivity index (χ1n) is 16.3. The molecule has 0 aromatic carbocycles. The third-order valence-electron chi connectivity index (χ3n) is 13.9. The van der Waals surface area contributed by atoms with Crippen LogP contribution in [0.2, 0.25) is 0 Å². The van der Waals surface area contributed by atoms with E-state index in [2.05, 4.69) is 48.5 Å². The summed E-state index contributed by atoms with van der Waals surface area (Å²) in [6.45, 7) is 16.8. The van der Waals surface area contributed by atoms with Gasteiger partial charge in [0, 0.05) is 18.3 Å². The summed E-state index contributed by atoms with van der Waals surface area (Å²) in [4.78, 5) is 36.4. The smallest absolute Gasteiger partial charge is 0.313 e. The van der Waals surface area contributed by atoms with Crippen molar-refractivity contribution in [1.82, 2.24) is 0 Å². The zero-order valence-electron chi connectivity index (χ0n) is 26.7. The number of carboxylic acid groups (broad SMARTS) is 2. The third kappa shape index (κ3) is 4.51. The average molecular weight is 571 g/mol. The normalized spacial score (nSPS) is 42.7. The molecule has 0 aromatic rings. The quantitative estimate of drug-likeness (QED) is 0.247. The van der Waals surface area contributed by atoms with E-state index in [4.69, 9.17) is 9.84 Å². The lowest BCUT2D eigenvalue weighted by Crippen LogP contribution is -2.64. The maximum Gasteiger partial charge on any atom is 0.313 e. The molecule has 6 heteroatoms. The number of aliphatic carboxylic acids is 2. The predicted molar refractivity (Wildman–Crippen MR) is 158 cm³/mol. The molecule has 2 N–H and O–H groups in total. The highest BCUT2D eigenvalue weighted by molar-refractivity contribution is 5.80. The van der Waals surface area contributed by atoms with Crippen LogP contribution in [0.1, 0.15) is 138 Å². The molecule has 5 rings (SSSR count). The molecule has 1 unspecified atom stereocenters. The Labute approximate surface area is 247 Å². The number of ether oxygens (including phenoxy) is 1. The summed E-state index contributed by atoms with van der Waals surface area (Å²) in [5.74, 6) is -0.765. The van der Waals surface area contributed by atoms with Crippen LogP contribution in [0.5, 0.6) is 0 Å². The molecule has 41 heavy (non-hydrogen) atoms. The standard InChI is InChI=1S/C35H54O6/c1-30(2)17-19-35(29(39)40)20-18-33(6)22(23(35)21-30)11-12-25-32(5)15-14-26(41-28(38)10-8-9-27(36)37)31(3,4)24(32)13-16-34(25,33)7/h24-26H,8-21H2,1-7H3,(H,36,37)(H,39,40)/t24-,25+,26-,32-,33+,34+,35?/m0/s1. The van der Waals surface area contributed by atoms with Crippen molar-refractivity contribution >= 4 is 17.9 Å². The largest absolute Gasteiger partial charge is 0.481 e. The Morgan fingerprint density at radius 3 is 2.12 bits per heavy atom. The molecule has 0 radical (unpaired) electrons. The van der Waals surface area contributed by atoms with Crippen molar-refractivity contribution in [3.8, 4) is 0 Å². The Morgan fingerprint density at radius 1 is 0.780 bits per heavy atom. The van der Waals surface area contributed by atoms with E-state index < -0.39 is 17.4 Å². The van der Waals surface area contributed by atoms with E-state index in [0.717, 1.165) is 70.6 Å². The minimum absolute atomic E-state index is 0.00782. The Bertz CT molecular complexity index is 1150. The zero-order valence-corrected chi connectivity index (χ0v) is 26.7.